The number of nitrogens with one attached hydrogen (secondary N) is 2. The van der Waals surface area contributed by atoms with E-state index in [1.165, 1.54) is 23.5 Å². The first-order chi connectivity index (χ1) is 16.0. The number of thiophene rings is 1. The first-order valence-corrected chi connectivity index (χ1v) is 11.2. The van der Waals surface area contributed by atoms with Crippen LogP contribution in [0.4, 0.5) is 10.5 Å². The summed E-state index contributed by atoms with van der Waals surface area (Å²) in [4.78, 5) is 51.7. The second-order valence-electron chi connectivity index (χ2n) is 7.81. The van der Waals surface area contributed by atoms with E-state index in [9.17, 15) is 19.2 Å². The van der Waals surface area contributed by atoms with Crippen LogP contribution in [0.15, 0.2) is 66.0 Å². The van der Waals surface area contributed by atoms with Crippen LogP contribution in [0.2, 0.25) is 0 Å². The molecule has 2 aromatic carbocycles. The number of rotatable bonds is 5. The van der Waals surface area contributed by atoms with Crippen molar-refractivity contribution in [1.29, 1.82) is 0 Å². The molecule has 2 N–H and O–H groups in total. The van der Waals surface area contributed by atoms with Gasteiger partial charge in [0, 0.05) is 5.69 Å². The van der Waals surface area contributed by atoms with Gasteiger partial charge in [0.05, 0.1) is 4.88 Å². The summed E-state index contributed by atoms with van der Waals surface area (Å²) in [6, 6.07) is 16.7. The maximum atomic E-state index is 13.1. The molecule has 1 aliphatic carbocycles. The van der Waals surface area contributed by atoms with Crippen LogP contribution in [0.25, 0.3) is 0 Å². The zero-order chi connectivity index (χ0) is 23.0. The Kier molecular flexibility index (Phi) is 5.18. The van der Waals surface area contributed by atoms with Crippen LogP contribution < -0.4 is 15.4 Å². The molecule has 1 atom stereocenters. The molecule has 8 nitrogen and oxygen atoms in total. The molecule has 1 aromatic heterocycles. The molecule has 166 valence electrons. The summed E-state index contributed by atoms with van der Waals surface area (Å²) in [5, 5.41) is 7.35. The monoisotopic (exact) mass is 461 g/mol. The van der Waals surface area contributed by atoms with Gasteiger partial charge in [-0.05, 0) is 59.7 Å². The normalized spacial score (nSPS) is 18.8. The van der Waals surface area contributed by atoms with Gasteiger partial charge in [-0.2, -0.15) is 0 Å². The molecule has 33 heavy (non-hydrogen) atoms. The van der Waals surface area contributed by atoms with Gasteiger partial charge in [0.15, 0.2) is 0 Å². The van der Waals surface area contributed by atoms with Gasteiger partial charge in [-0.1, -0.05) is 30.3 Å². The molecule has 2 aliphatic rings. The maximum absolute atomic E-state index is 13.1. The van der Waals surface area contributed by atoms with Crippen molar-refractivity contribution < 1.29 is 23.9 Å². The Morgan fingerprint density at radius 1 is 1.06 bits per heavy atom. The fourth-order valence-electron chi connectivity index (χ4n) is 4.23. The number of carbonyl (C=O) groups excluding carboxylic acids is 4. The highest BCUT2D eigenvalue weighted by molar-refractivity contribution is 7.12. The number of hydrogen-bond acceptors (Lipinski definition) is 6. The summed E-state index contributed by atoms with van der Waals surface area (Å²) < 4.78 is 5.30. The summed E-state index contributed by atoms with van der Waals surface area (Å²) in [7, 11) is 0. The molecule has 0 radical (unpaired) electrons. The lowest BCUT2D eigenvalue weighted by Crippen LogP contribution is -2.42. The van der Waals surface area contributed by atoms with E-state index >= 15 is 0 Å². The number of nitrogens with zero attached hydrogens (tertiary/aromatic N) is 1. The van der Waals surface area contributed by atoms with Gasteiger partial charge in [-0.3, -0.25) is 14.5 Å². The number of urea groups is 1. The highest BCUT2D eigenvalue weighted by atomic mass is 32.1. The van der Waals surface area contributed by atoms with Crippen LogP contribution in [-0.4, -0.2) is 35.3 Å². The van der Waals surface area contributed by atoms with Crippen molar-refractivity contribution in [3.63, 3.8) is 0 Å². The minimum Gasteiger partial charge on any atom is -0.425 e. The van der Waals surface area contributed by atoms with Crippen LogP contribution in [0.1, 0.15) is 27.2 Å². The van der Waals surface area contributed by atoms with E-state index in [1.807, 2.05) is 29.6 Å². The predicted octanol–water partition coefficient (Wildman–Crippen LogP) is 3.30. The minimum absolute atomic E-state index is 0.226. The molecule has 1 spiro atoms. The van der Waals surface area contributed by atoms with E-state index in [0.29, 0.717) is 23.4 Å². The second kappa shape index (κ2) is 8.18. The molecule has 1 saturated heterocycles. The number of imide groups is 1. The highest BCUT2D eigenvalue weighted by Crippen LogP contribution is 2.41. The molecule has 1 aliphatic heterocycles. The third-order valence-corrected chi connectivity index (χ3v) is 6.67. The number of benzene rings is 2. The molecule has 3 aromatic rings. The van der Waals surface area contributed by atoms with E-state index in [0.717, 1.165) is 16.0 Å². The number of hydrogen-bond donors (Lipinski definition) is 2. The van der Waals surface area contributed by atoms with Gasteiger partial charge in [-0.25, -0.2) is 9.59 Å². The van der Waals surface area contributed by atoms with Gasteiger partial charge in [0.2, 0.25) is 0 Å². The van der Waals surface area contributed by atoms with Crippen molar-refractivity contribution >= 4 is 40.8 Å². The van der Waals surface area contributed by atoms with E-state index in [2.05, 4.69) is 10.6 Å². The van der Waals surface area contributed by atoms with E-state index in [1.54, 1.807) is 24.3 Å². The quantitative estimate of drug-likeness (QED) is 0.345. The summed E-state index contributed by atoms with van der Waals surface area (Å²) in [6.45, 7) is -0.495. The van der Waals surface area contributed by atoms with Crippen LogP contribution in [-0.2, 0) is 21.5 Å². The topological polar surface area (TPSA) is 105 Å². The van der Waals surface area contributed by atoms with Crippen LogP contribution in [0.3, 0.4) is 0 Å². The summed E-state index contributed by atoms with van der Waals surface area (Å²) in [5.74, 6) is -1.17. The molecule has 0 bridgehead atoms. The van der Waals surface area contributed by atoms with Gasteiger partial charge in [-0.15, -0.1) is 11.3 Å². The Bertz CT molecular complexity index is 1260. The Labute approximate surface area is 193 Å². The number of ether oxygens (including phenoxy) is 1. The fourth-order valence-corrected chi connectivity index (χ4v) is 4.85. The van der Waals surface area contributed by atoms with Crippen molar-refractivity contribution in [3.05, 3.63) is 82.0 Å². The lowest BCUT2D eigenvalue weighted by molar-refractivity contribution is -0.141. The molecule has 1 fully saturated rings. The standard InChI is InChI=1S/C24H19N3O5S/c28-20(32-17-9-7-16(8-10-17)25-21(29)19-6-3-13-33-19)14-27-22(30)24(26-23(27)31)12-11-15-4-1-2-5-18(15)24/h1-10,13H,11-12,14H2,(H,25,29)(H,26,31). The number of anilines is 1. The Morgan fingerprint density at radius 3 is 2.61 bits per heavy atom. The Morgan fingerprint density at radius 2 is 1.85 bits per heavy atom. The number of aryl methyl sites for hydroxylation is 1. The van der Waals surface area contributed by atoms with Crippen LogP contribution in [0.5, 0.6) is 5.75 Å². The van der Waals surface area contributed by atoms with Crippen molar-refractivity contribution in [2.75, 3.05) is 11.9 Å². The molecule has 5 rings (SSSR count). The first kappa shape index (κ1) is 20.9. The number of esters is 1. The van der Waals surface area contributed by atoms with Crippen LogP contribution >= 0.6 is 11.3 Å². The molecule has 0 saturated carbocycles. The van der Waals surface area contributed by atoms with Crippen molar-refractivity contribution in [2.45, 2.75) is 18.4 Å². The van der Waals surface area contributed by atoms with Gasteiger partial charge < -0.3 is 15.4 Å². The van der Waals surface area contributed by atoms with Crippen molar-refractivity contribution in [3.8, 4) is 5.75 Å². The Balaban J connectivity index is 1.22. The molecule has 4 amide bonds. The smallest absolute Gasteiger partial charge is 0.331 e. The lowest BCUT2D eigenvalue weighted by Gasteiger charge is -2.22. The lowest BCUT2D eigenvalue weighted by atomic mass is 9.92. The average Bonchev–Trinajstić information content (AvgIpc) is 3.52. The van der Waals surface area contributed by atoms with E-state index in [4.69, 9.17) is 4.74 Å². The SMILES string of the molecule is O=C(CN1C(=O)NC2(CCc3ccccc32)C1=O)Oc1ccc(NC(=O)c2cccs2)cc1. The second-order valence-corrected chi connectivity index (χ2v) is 8.76. The highest BCUT2D eigenvalue weighted by Gasteiger charge is 2.55. The zero-order valence-electron chi connectivity index (χ0n) is 17.4. The maximum Gasteiger partial charge on any atom is 0.331 e. The van der Waals surface area contributed by atoms with Crippen LogP contribution in [0, 0.1) is 0 Å². The summed E-state index contributed by atoms with van der Waals surface area (Å²) in [5.41, 5.74) is 1.22. The summed E-state index contributed by atoms with van der Waals surface area (Å²) in [6.07, 6.45) is 1.14. The number of carbonyl (C=O) groups is 4. The average molecular weight is 461 g/mol. The third-order valence-electron chi connectivity index (χ3n) is 5.80. The predicted molar refractivity (Wildman–Crippen MR) is 121 cm³/mol. The summed E-state index contributed by atoms with van der Waals surface area (Å²) >= 11 is 1.33. The minimum atomic E-state index is -1.11. The molecular formula is C24H19N3O5S. The fraction of sp³-hybridized carbons (Fsp3) is 0.167. The molecular weight excluding hydrogens is 442 g/mol. The number of amides is 4. The first-order valence-electron chi connectivity index (χ1n) is 10.3. The largest absolute Gasteiger partial charge is 0.425 e. The molecule has 2 heterocycles. The van der Waals surface area contributed by atoms with Gasteiger partial charge >= 0.3 is 12.0 Å². The number of fused-ring (bicyclic) bond motifs is 2. The Hall–Kier alpha value is -3.98. The van der Waals surface area contributed by atoms with Gasteiger partial charge in [0.25, 0.3) is 11.8 Å². The third kappa shape index (κ3) is 3.76. The molecule has 9 heteroatoms. The molecule has 1 unspecified atom stereocenters. The van der Waals surface area contributed by atoms with E-state index in [-0.39, 0.29) is 11.7 Å². The van der Waals surface area contributed by atoms with Crippen molar-refractivity contribution in [1.82, 2.24) is 10.2 Å². The van der Waals surface area contributed by atoms with E-state index < -0.39 is 30.0 Å². The van der Waals surface area contributed by atoms with Gasteiger partial charge in [0.1, 0.15) is 17.8 Å². The van der Waals surface area contributed by atoms with Crippen molar-refractivity contribution in [2.24, 2.45) is 0 Å². The zero-order valence-corrected chi connectivity index (χ0v) is 18.2.